The van der Waals surface area contributed by atoms with Crippen LogP contribution >= 0.6 is 0 Å². The third kappa shape index (κ3) is 5.86. The van der Waals surface area contributed by atoms with E-state index in [1.807, 2.05) is 91.3 Å². The fourth-order valence-electron chi connectivity index (χ4n) is 7.93. The van der Waals surface area contributed by atoms with Gasteiger partial charge in [-0.25, -0.2) is 15.0 Å². The predicted octanol–water partition coefficient (Wildman–Crippen LogP) is 11.5. The summed E-state index contributed by atoms with van der Waals surface area (Å²) in [4.78, 5) is 19.7. The van der Waals surface area contributed by atoms with Gasteiger partial charge in [0.2, 0.25) is 0 Å². The summed E-state index contributed by atoms with van der Waals surface area (Å²) in [5, 5.41) is 3.41. The van der Waals surface area contributed by atoms with Crippen molar-refractivity contribution in [3.05, 3.63) is 194 Å². The van der Waals surface area contributed by atoms with E-state index in [2.05, 4.69) is 112 Å². The first-order valence-electron chi connectivity index (χ1n) is 18.8. The zero-order valence-corrected chi connectivity index (χ0v) is 30.9. The van der Waals surface area contributed by atoms with Gasteiger partial charge in [-0.3, -0.25) is 4.98 Å². The lowest BCUT2D eigenvalue weighted by molar-refractivity contribution is 1.10. The second kappa shape index (κ2) is 14.1. The average Bonchev–Trinajstić information content (AvgIpc) is 3.79. The van der Waals surface area contributed by atoms with Crippen LogP contribution < -0.4 is 5.73 Å². The van der Waals surface area contributed by atoms with Gasteiger partial charge in [0.15, 0.2) is 0 Å². The third-order valence-electron chi connectivity index (χ3n) is 10.5. The van der Waals surface area contributed by atoms with Gasteiger partial charge >= 0.3 is 0 Å². The molecule has 0 aliphatic rings. The van der Waals surface area contributed by atoms with Crippen molar-refractivity contribution in [1.29, 1.82) is 0 Å². The first-order chi connectivity index (χ1) is 28.2. The second-order valence-electron chi connectivity index (χ2n) is 13.8. The molecule has 0 unspecified atom stereocenters. The highest BCUT2D eigenvalue weighted by Gasteiger charge is 2.17. The number of nitrogens with zero attached hydrogens (tertiary/aromatic N) is 6. The van der Waals surface area contributed by atoms with Crippen molar-refractivity contribution < 1.29 is 0 Å². The zero-order chi connectivity index (χ0) is 38.3. The second-order valence-corrected chi connectivity index (χ2v) is 13.8. The van der Waals surface area contributed by atoms with Crippen LogP contribution in [0.15, 0.2) is 183 Å². The predicted molar refractivity (Wildman–Crippen MR) is 234 cm³/mol. The highest BCUT2D eigenvalue weighted by Crippen LogP contribution is 2.35. The molecule has 0 aliphatic heterocycles. The van der Waals surface area contributed by atoms with E-state index in [0.29, 0.717) is 0 Å². The maximum atomic E-state index is 5.93. The Balaban J connectivity index is 0.983. The number of benzene rings is 4. The molecule has 0 aliphatic carbocycles. The summed E-state index contributed by atoms with van der Waals surface area (Å²) in [6, 6.07) is 53.9. The third-order valence-corrected chi connectivity index (χ3v) is 10.5. The van der Waals surface area contributed by atoms with Crippen molar-refractivity contribution in [2.45, 2.75) is 0 Å². The van der Waals surface area contributed by atoms with E-state index in [1.54, 1.807) is 6.20 Å². The lowest BCUT2D eigenvalue weighted by Gasteiger charge is -2.12. The molecule has 4 aromatic carbocycles. The zero-order valence-electron chi connectivity index (χ0n) is 30.9. The molecular formula is C50H35N7. The molecule has 0 atom stereocenters. The Morgan fingerprint density at radius 1 is 0.474 bits per heavy atom. The van der Waals surface area contributed by atoms with E-state index in [4.69, 9.17) is 20.7 Å². The minimum absolute atomic E-state index is 0.767. The maximum absolute atomic E-state index is 5.93. The van der Waals surface area contributed by atoms with Gasteiger partial charge in [-0.2, -0.15) is 0 Å². The molecule has 6 aromatic heterocycles. The van der Waals surface area contributed by atoms with E-state index in [-0.39, 0.29) is 0 Å². The molecule has 6 heterocycles. The van der Waals surface area contributed by atoms with Gasteiger partial charge in [0.1, 0.15) is 0 Å². The smallest absolute Gasteiger partial charge is 0.0894 e. The van der Waals surface area contributed by atoms with Gasteiger partial charge in [0.05, 0.1) is 56.4 Å². The molecule has 0 saturated heterocycles. The van der Waals surface area contributed by atoms with E-state index in [1.165, 1.54) is 5.39 Å². The van der Waals surface area contributed by atoms with Crippen LogP contribution in [0.1, 0.15) is 11.3 Å². The Hall–Kier alpha value is -7.90. The van der Waals surface area contributed by atoms with Crippen molar-refractivity contribution in [1.82, 2.24) is 29.1 Å². The van der Waals surface area contributed by atoms with Crippen molar-refractivity contribution >= 4 is 44.9 Å². The van der Waals surface area contributed by atoms with E-state index in [9.17, 15) is 0 Å². The summed E-state index contributed by atoms with van der Waals surface area (Å²) in [6.07, 6.45) is 9.17. The molecule has 10 rings (SSSR count). The van der Waals surface area contributed by atoms with Crippen LogP contribution in [0.2, 0.25) is 0 Å². The quantitative estimate of drug-likeness (QED) is 0.168. The molecular weight excluding hydrogens is 699 g/mol. The monoisotopic (exact) mass is 733 g/mol. The number of para-hydroxylation sites is 2. The van der Waals surface area contributed by atoms with Gasteiger partial charge in [-0.05, 0) is 91.1 Å². The standard InChI is InChI=1S/C50H35N7/c1-2-37-38-16-3-5-24-47(38)56(49(37)26-28-51)35-14-7-12-33(30-35)41-18-9-20-43(53-41)45-22-11-23-46(55-45)44-21-10-19-42(54-44)34-13-8-15-36(31-34)57-48-25-6-4-17-39(48)40-32-52-29-27-50(40)57/h2-32H,1,51H2/b28-26-. The molecule has 57 heavy (non-hydrogen) atoms. The van der Waals surface area contributed by atoms with Crippen LogP contribution in [-0.4, -0.2) is 29.1 Å². The molecule has 0 bridgehead atoms. The number of nitrogens with two attached hydrogens (primary N) is 1. The Morgan fingerprint density at radius 3 is 1.56 bits per heavy atom. The summed E-state index contributed by atoms with van der Waals surface area (Å²) in [7, 11) is 0. The Bertz CT molecular complexity index is 3130. The van der Waals surface area contributed by atoms with Crippen LogP contribution in [-0.2, 0) is 0 Å². The number of rotatable bonds is 8. The van der Waals surface area contributed by atoms with Crippen LogP contribution in [0, 0.1) is 0 Å². The lowest BCUT2D eigenvalue weighted by Crippen LogP contribution is -1.99. The number of aromatic nitrogens is 6. The molecule has 0 amide bonds. The summed E-state index contributed by atoms with van der Waals surface area (Å²) < 4.78 is 4.51. The largest absolute Gasteiger partial charge is 0.405 e. The maximum Gasteiger partial charge on any atom is 0.0894 e. The van der Waals surface area contributed by atoms with Gasteiger partial charge in [-0.1, -0.05) is 91.5 Å². The molecule has 0 saturated carbocycles. The van der Waals surface area contributed by atoms with Crippen LogP contribution in [0.25, 0.3) is 102 Å². The van der Waals surface area contributed by atoms with Crippen LogP contribution in [0.3, 0.4) is 0 Å². The number of hydrogen-bond acceptors (Lipinski definition) is 5. The summed E-state index contributed by atoms with van der Waals surface area (Å²) >= 11 is 0. The van der Waals surface area contributed by atoms with Crippen molar-refractivity contribution in [3.63, 3.8) is 0 Å². The van der Waals surface area contributed by atoms with Gasteiger partial charge in [0.25, 0.3) is 0 Å². The SMILES string of the molecule is C=Cc1c(/C=C\N)n(-c2cccc(-c3cccc(-c4cccc(-c5cccc(-c6cccc(-n7c8ccccc8c8cnccc87)c6)n5)n4)n3)c2)c2ccccc12. The van der Waals surface area contributed by atoms with E-state index < -0.39 is 0 Å². The molecule has 7 heteroatoms. The number of fused-ring (bicyclic) bond motifs is 4. The molecule has 0 fully saturated rings. The topological polar surface area (TPSA) is 87.4 Å². The highest BCUT2D eigenvalue weighted by atomic mass is 15.0. The Kier molecular flexibility index (Phi) is 8.30. The Labute approximate surface area is 329 Å². The van der Waals surface area contributed by atoms with Gasteiger partial charge in [0, 0.05) is 56.6 Å². The normalized spacial score (nSPS) is 11.6. The fourth-order valence-corrected chi connectivity index (χ4v) is 7.93. The first-order valence-corrected chi connectivity index (χ1v) is 18.8. The van der Waals surface area contributed by atoms with Crippen molar-refractivity contribution in [2.75, 3.05) is 0 Å². The van der Waals surface area contributed by atoms with Crippen molar-refractivity contribution in [3.8, 4) is 56.7 Å². The minimum Gasteiger partial charge on any atom is -0.405 e. The van der Waals surface area contributed by atoms with Gasteiger partial charge < -0.3 is 14.9 Å². The molecule has 0 spiro atoms. The molecule has 0 radical (unpaired) electrons. The van der Waals surface area contributed by atoms with Gasteiger partial charge in [-0.15, -0.1) is 0 Å². The fraction of sp³-hybridized carbons (Fsp3) is 0. The number of hydrogen-bond donors (Lipinski definition) is 1. The van der Waals surface area contributed by atoms with Crippen molar-refractivity contribution in [2.24, 2.45) is 5.73 Å². The summed E-state index contributed by atoms with van der Waals surface area (Å²) in [6.45, 7) is 4.10. The average molecular weight is 734 g/mol. The molecule has 10 aromatic rings. The molecule has 270 valence electrons. The number of pyridine rings is 4. The minimum atomic E-state index is 0.767. The van der Waals surface area contributed by atoms with Crippen LogP contribution in [0.4, 0.5) is 0 Å². The highest BCUT2D eigenvalue weighted by molar-refractivity contribution is 6.08. The first kappa shape index (κ1) is 33.7. The van der Waals surface area contributed by atoms with E-state index in [0.717, 1.165) is 95.2 Å². The molecule has 7 nitrogen and oxygen atoms in total. The lowest BCUT2D eigenvalue weighted by atomic mass is 10.1. The van der Waals surface area contributed by atoms with E-state index >= 15 is 0 Å². The molecule has 2 N–H and O–H groups in total. The van der Waals surface area contributed by atoms with Crippen LogP contribution in [0.5, 0.6) is 0 Å². The summed E-state index contributed by atoms with van der Waals surface area (Å²) in [5.74, 6) is 0. The summed E-state index contributed by atoms with van der Waals surface area (Å²) in [5.41, 5.74) is 20.1. The Morgan fingerprint density at radius 2 is 0.965 bits per heavy atom.